The lowest BCUT2D eigenvalue weighted by atomic mass is 10.1. The molecule has 2 aromatic rings. The molecule has 27 heavy (non-hydrogen) atoms. The zero-order valence-corrected chi connectivity index (χ0v) is 17.4. The molecule has 138 valence electrons. The lowest BCUT2D eigenvalue weighted by Crippen LogP contribution is -2.54. The van der Waals surface area contributed by atoms with Gasteiger partial charge in [0.25, 0.3) is 11.8 Å². The Hall–Kier alpha value is -2.10. The lowest BCUT2D eigenvalue weighted by Gasteiger charge is -2.27. The second kappa shape index (κ2) is 7.87. The summed E-state index contributed by atoms with van der Waals surface area (Å²) in [6.07, 6.45) is 1.40. The van der Waals surface area contributed by atoms with Crippen molar-refractivity contribution in [2.45, 2.75) is 0 Å². The first-order valence-electron chi connectivity index (χ1n) is 7.52. The summed E-state index contributed by atoms with van der Waals surface area (Å²) in [5.41, 5.74) is 0.492. The van der Waals surface area contributed by atoms with E-state index in [-0.39, 0.29) is 21.3 Å². The van der Waals surface area contributed by atoms with Crippen molar-refractivity contribution in [1.29, 1.82) is 0 Å². The molecule has 3 rings (SSSR count). The molecule has 0 saturated carbocycles. The van der Waals surface area contributed by atoms with E-state index in [4.69, 9.17) is 27.9 Å². The van der Waals surface area contributed by atoms with E-state index < -0.39 is 17.8 Å². The molecular weight excluding hydrogens is 506 g/mol. The number of amides is 4. The van der Waals surface area contributed by atoms with Gasteiger partial charge in [0, 0.05) is 0 Å². The van der Waals surface area contributed by atoms with Crippen molar-refractivity contribution < 1.29 is 19.1 Å². The van der Waals surface area contributed by atoms with Crippen molar-refractivity contribution in [3.63, 3.8) is 0 Å². The molecule has 1 N–H and O–H groups in total. The molecule has 6 nitrogen and oxygen atoms in total. The van der Waals surface area contributed by atoms with Crippen LogP contribution in [-0.2, 0) is 9.59 Å². The number of urea groups is 1. The fourth-order valence-corrected chi connectivity index (χ4v) is 3.62. The number of rotatable bonds is 3. The Balaban J connectivity index is 2.05. The number of hydrogen-bond acceptors (Lipinski definition) is 4. The van der Waals surface area contributed by atoms with Gasteiger partial charge in [-0.2, -0.15) is 0 Å². The predicted octanol–water partition coefficient (Wildman–Crippen LogP) is 4.27. The van der Waals surface area contributed by atoms with E-state index in [1.54, 1.807) is 31.4 Å². The number of ether oxygens (including phenoxy) is 1. The average Bonchev–Trinajstić information content (AvgIpc) is 2.62. The Morgan fingerprint density at radius 1 is 1.15 bits per heavy atom. The number of carbonyl (C=O) groups is 3. The molecule has 0 radical (unpaired) electrons. The summed E-state index contributed by atoms with van der Waals surface area (Å²) in [6.45, 7) is 0. The monoisotopic (exact) mass is 516 g/mol. The molecule has 9 heteroatoms. The topological polar surface area (TPSA) is 75.7 Å². The number of halogens is 3. The van der Waals surface area contributed by atoms with Crippen molar-refractivity contribution >= 4 is 75.4 Å². The minimum Gasteiger partial charge on any atom is -0.496 e. The highest BCUT2D eigenvalue weighted by atomic mass is 127. The molecule has 1 fully saturated rings. The number of nitrogens with zero attached hydrogens (tertiary/aromatic N) is 1. The van der Waals surface area contributed by atoms with E-state index in [1.165, 1.54) is 18.2 Å². The van der Waals surface area contributed by atoms with Crippen molar-refractivity contribution in [1.82, 2.24) is 5.32 Å². The number of benzene rings is 2. The largest absolute Gasteiger partial charge is 0.496 e. The Morgan fingerprint density at radius 2 is 1.89 bits per heavy atom. The second-order valence-electron chi connectivity index (χ2n) is 5.42. The number of hydrogen-bond donors (Lipinski definition) is 1. The van der Waals surface area contributed by atoms with E-state index in [9.17, 15) is 14.4 Å². The van der Waals surface area contributed by atoms with Gasteiger partial charge >= 0.3 is 6.03 Å². The van der Waals surface area contributed by atoms with Gasteiger partial charge in [0.1, 0.15) is 11.3 Å². The smallest absolute Gasteiger partial charge is 0.336 e. The quantitative estimate of drug-likeness (QED) is 0.375. The van der Waals surface area contributed by atoms with Crippen LogP contribution in [0.2, 0.25) is 10.0 Å². The van der Waals surface area contributed by atoms with Gasteiger partial charge in [-0.1, -0.05) is 35.3 Å². The first-order valence-corrected chi connectivity index (χ1v) is 9.36. The predicted molar refractivity (Wildman–Crippen MR) is 111 cm³/mol. The van der Waals surface area contributed by atoms with Gasteiger partial charge < -0.3 is 4.74 Å². The molecule has 1 saturated heterocycles. The van der Waals surface area contributed by atoms with Gasteiger partial charge in [-0.25, -0.2) is 9.69 Å². The molecule has 0 atom stereocenters. The van der Waals surface area contributed by atoms with Crippen molar-refractivity contribution in [2.75, 3.05) is 12.0 Å². The summed E-state index contributed by atoms with van der Waals surface area (Å²) in [5.74, 6) is -0.913. The molecule has 1 heterocycles. The SMILES string of the molecule is COc1ccc(/C=C2\C(=O)NC(=O)N(c3cccc(Cl)c3Cl)C2=O)cc1I. The van der Waals surface area contributed by atoms with Gasteiger partial charge in [-0.3, -0.25) is 14.9 Å². The van der Waals surface area contributed by atoms with E-state index in [0.717, 1.165) is 8.47 Å². The molecule has 1 aliphatic heterocycles. The Kier molecular flexibility index (Phi) is 5.73. The lowest BCUT2D eigenvalue weighted by molar-refractivity contribution is -0.122. The Morgan fingerprint density at radius 3 is 2.56 bits per heavy atom. The van der Waals surface area contributed by atoms with Crippen LogP contribution >= 0.6 is 45.8 Å². The highest BCUT2D eigenvalue weighted by molar-refractivity contribution is 14.1. The summed E-state index contributed by atoms with van der Waals surface area (Å²) >= 11 is 14.2. The minimum absolute atomic E-state index is 0.0374. The molecule has 4 amide bonds. The third-order valence-corrected chi connectivity index (χ3v) is 5.41. The van der Waals surface area contributed by atoms with E-state index >= 15 is 0 Å². The number of nitrogens with one attached hydrogen (secondary N) is 1. The summed E-state index contributed by atoms with van der Waals surface area (Å²) in [5, 5.41) is 2.36. The van der Waals surface area contributed by atoms with E-state index in [2.05, 4.69) is 27.9 Å². The minimum atomic E-state index is -0.893. The fourth-order valence-electron chi connectivity index (χ4n) is 2.48. The molecule has 0 aromatic heterocycles. The van der Waals surface area contributed by atoms with Crippen molar-refractivity contribution in [3.8, 4) is 5.75 Å². The number of methoxy groups -OCH3 is 1. The van der Waals surface area contributed by atoms with Crippen LogP contribution in [0.15, 0.2) is 42.0 Å². The van der Waals surface area contributed by atoms with Crippen molar-refractivity contribution in [3.05, 3.63) is 61.2 Å². The van der Waals surface area contributed by atoms with Crippen LogP contribution in [0.3, 0.4) is 0 Å². The molecule has 0 spiro atoms. The maximum atomic E-state index is 12.9. The van der Waals surface area contributed by atoms with Gasteiger partial charge in [-0.15, -0.1) is 0 Å². The van der Waals surface area contributed by atoms with Crippen LogP contribution in [0.4, 0.5) is 10.5 Å². The van der Waals surface area contributed by atoms with Crippen LogP contribution < -0.4 is 15.0 Å². The molecule has 0 unspecified atom stereocenters. The standard InChI is InChI=1S/C18H11Cl2IN2O4/c1-27-14-6-5-9(8-12(14)21)7-10-16(24)22-18(26)23(17(10)25)13-4-2-3-11(19)15(13)20/h2-8H,1H3,(H,22,24,26)/b10-7+. The highest BCUT2D eigenvalue weighted by Gasteiger charge is 2.38. The van der Waals surface area contributed by atoms with Crippen LogP contribution in [0.1, 0.15) is 5.56 Å². The number of carbonyl (C=O) groups excluding carboxylic acids is 3. The summed E-state index contributed by atoms with van der Waals surface area (Å²) in [6, 6.07) is 8.82. The molecular formula is C18H11Cl2IN2O4. The third-order valence-electron chi connectivity index (χ3n) is 3.76. The summed E-state index contributed by atoms with van der Waals surface area (Å²) < 4.78 is 6.00. The molecule has 0 bridgehead atoms. The van der Waals surface area contributed by atoms with E-state index in [1.807, 2.05) is 0 Å². The highest BCUT2D eigenvalue weighted by Crippen LogP contribution is 2.34. The normalized spacial score (nSPS) is 15.9. The summed E-state index contributed by atoms with van der Waals surface area (Å²) in [7, 11) is 1.55. The van der Waals surface area contributed by atoms with Gasteiger partial charge in [-0.05, 0) is 58.5 Å². The number of imide groups is 2. The molecule has 1 aliphatic rings. The maximum absolute atomic E-state index is 12.9. The number of anilines is 1. The average molecular weight is 517 g/mol. The van der Waals surface area contributed by atoms with Crippen LogP contribution in [0.5, 0.6) is 5.75 Å². The van der Waals surface area contributed by atoms with Crippen molar-refractivity contribution in [2.24, 2.45) is 0 Å². The Bertz CT molecular complexity index is 1010. The fraction of sp³-hybridized carbons (Fsp3) is 0.0556. The van der Waals surface area contributed by atoms with Crippen LogP contribution in [0, 0.1) is 3.57 Å². The molecule has 2 aromatic carbocycles. The second-order valence-corrected chi connectivity index (χ2v) is 7.37. The molecule has 0 aliphatic carbocycles. The maximum Gasteiger partial charge on any atom is 0.336 e. The van der Waals surface area contributed by atoms with Crippen LogP contribution in [-0.4, -0.2) is 25.0 Å². The van der Waals surface area contributed by atoms with E-state index in [0.29, 0.717) is 11.3 Å². The van der Waals surface area contributed by atoms with Gasteiger partial charge in [0.15, 0.2) is 0 Å². The van der Waals surface area contributed by atoms with Gasteiger partial charge in [0.05, 0.1) is 26.4 Å². The zero-order valence-electron chi connectivity index (χ0n) is 13.8. The van der Waals surface area contributed by atoms with Crippen LogP contribution in [0.25, 0.3) is 6.08 Å². The first kappa shape index (κ1) is 19.7. The summed E-state index contributed by atoms with van der Waals surface area (Å²) in [4.78, 5) is 38.1. The van der Waals surface area contributed by atoms with Gasteiger partial charge in [0.2, 0.25) is 0 Å². The third kappa shape index (κ3) is 3.80. The Labute approximate surface area is 178 Å². The zero-order chi connectivity index (χ0) is 19.7. The number of barbiturate groups is 1. The first-order chi connectivity index (χ1) is 12.8.